The van der Waals surface area contributed by atoms with E-state index in [0.29, 0.717) is 24.6 Å². The molecular formula is C22H29F2N5. The molecule has 1 aliphatic heterocycles. The normalized spacial score (nSPS) is 16.0. The fourth-order valence-electron chi connectivity index (χ4n) is 3.50. The Hall–Kier alpha value is -2.54. The van der Waals surface area contributed by atoms with Gasteiger partial charge in [0.25, 0.3) is 0 Å². The van der Waals surface area contributed by atoms with E-state index in [0.717, 1.165) is 56.7 Å². The average Bonchev–Trinajstić information content (AvgIpc) is 2.73. The van der Waals surface area contributed by atoms with Gasteiger partial charge in [-0.1, -0.05) is 18.2 Å². The van der Waals surface area contributed by atoms with Gasteiger partial charge in [-0.25, -0.2) is 8.78 Å². The fourth-order valence-corrected chi connectivity index (χ4v) is 3.50. The predicted molar refractivity (Wildman–Crippen MR) is 112 cm³/mol. The van der Waals surface area contributed by atoms with Crippen molar-refractivity contribution in [3.63, 3.8) is 0 Å². The molecule has 2 N–H and O–H groups in total. The molecule has 3 rings (SSSR count). The molecule has 1 aliphatic rings. The minimum atomic E-state index is -0.811. The lowest BCUT2D eigenvalue weighted by Crippen LogP contribution is -2.48. The van der Waals surface area contributed by atoms with E-state index in [4.69, 9.17) is 0 Å². The highest BCUT2D eigenvalue weighted by atomic mass is 19.2. The second-order valence-corrected chi connectivity index (χ2v) is 7.24. The molecule has 0 radical (unpaired) electrons. The van der Waals surface area contributed by atoms with E-state index >= 15 is 0 Å². The van der Waals surface area contributed by atoms with Gasteiger partial charge in [0.15, 0.2) is 17.6 Å². The number of hydrogen-bond acceptors (Lipinski definition) is 3. The Morgan fingerprint density at radius 1 is 1.17 bits per heavy atom. The minimum absolute atomic E-state index is 0.346. The molecule has 7 heteroatoms. The van der Waals surface area contributed by atoms with E-state index in [2.05, 4.69) is 31.6 Å². The first-order chi connectivity index (χ1) is 14.2. The largest absolute Gasteiger partial charge is 0.357 e. The number of piperidine rings is 1. The van der Waals surface area contributed by atoms with Crippen molar-refractivity contribution in [2.24, 2.45) is 4.99 Å². The first-order valence-electron chi connectivity index (χ1n) is 10.3. The first-order valence-corrected chi connectivity index (χ1v) is 10.3. The van der Waals surface area contributed by atoms with Crippen molar-refractivity contribution in [3.8, 4) is 0 Å². The van der Waals surface area contributed by atoms with Gasteiger partial charge in [0.1, 0.15) is 0 Å². The Balaban J connectivity index is 1.47. The summed E-state index contributed by atoms with van der Waals surface area (Å²) in [6.07, 6.45) is 4.24. The monoisotopic (exact) mass is 401 g/mol. The van der Waals surface area contributed by atoms with Crippen molar-refractivity contribution in [2.45, 2.75) is 38.8 Å². The number of aliphatic imine (C=N–C) groups is 1. The van der Waals surface area contributed by atoms with Crippen LogP contribution in [-0.2, 0) is 13.0 Å². The van der Waals surface area contributed by atoms with Crippen LogP contribution in [-0.4, -0.2) is 48.1 Å². The van der Waals surface area contributed by atoms with Gasteiger partial charge in [0.05, 0.1) is 5.69 Å². The van der Waals surface area contributed by atoms with Gasteiger partial charge in [-0.05, 0) is 49.9 Å². The lowest BCUT2D eigenvalue weighted by molar-refractivity contribution is 0.196. The van der Waals surface area contributed by atoms with Gasteiger partial charge in [0.2, 0.25) is 0 Å². The van der Waals surface area contributed by atoms with Gasteiger partial charge in [-0.2, -0.15) is 0 Å². The first kappa shape index (κ1) is 21.2. The van der Waals surface area contributed by atoms with Gasteiger partial charge in [-0.3, -0.25) is 14.9 Å². The Kier molecular flexibility index (Phi) is 7.93. The number of benzene rings is 1. The van der Waals surface area contributed by atoms with Crippen LogP contribution in [0.5, 0.6) is 0 Å². The van der Waals surface area contributed by atoms with E-state index in [1.807, 2.05) is 25.3 Å². The topological polar surface area (TPSA) is 52.6 Å². The molecule has 0 saturated carbocycles. The van der Waals surface area contributed by atoms with E-state index in [1.165, 1.54) is 6.07 Å². The molecule has 29 heavy (non-hydrogen) atoms. The third-order valence-corrected chi connectivity index (χ3v) is 5.07. The van der Waals surface area contributed by atoms with E-state index in [1.54, 1.807) is 6.07 Å². The van der Waals surface area contributed by atoms with Crippen LogP contribution in [0.1, 0.15) is 31.0 Å². The summed E-state index contributed by atoms with van der Waals surface area (Å²) in [4.78, 5) is 11.4. The Labute approximate surface area is 171 Å². The quantitative estimate of drug-likeness (QED) is 0.553. The summed E-state index contributed by atoms with van der Waals surface area (Å²) in [6.45, 7) is 6.04. The van der Waals surface area contributed by atoms with E-state index in [-0.39, 0.29) is 0 Å². The maximum absolute atomic E-state index is 13.8. The molecule has 1 aromatic heterocycles. The molecular weight excluding hydrogens is 372 g/mol. The highest BCUT2D eigenvalue weighted by Gasteiger charge is 2.20. The number of aromatic nitrogens is 1. The Morgan fingerprint density at radius 3 is 2.72 bits per heavy atom. The van der Waals surface area contributed by atoms with Crippen LogP contribution in [0, 0.1) is 11.6 Å². The van der Waals surface area contributed by atoms with E-state index < -0.39 is 11.6 Å². The number of rotatable bonds is 7. The van der Waals surface area contributed by atoms with Gasteiger partial charge in [-0.15, -0.1) is 0 Å². The molecule has 2 aromatic rings. The summed E-state index contributed by atoms with van der Waals surface area (Å²) >= 11 is 0. The van der Waals surface area contributed by atoms with Crippen molar-refractivity contribution < 1.29 is 8.78 Å². The number of nitrogens with one attached hydrogen (secondary N) is 2. The zero-order valence-corrected chi connectivity index (χ0v) is 16.9. The number of nitrogens with zero attached hydrogens (tertiary/aromatic N) is 3. The summed E-state index contributed by atoms with van der Waals surface area (Å²) in [5.74, 6) is -0.859. The van der Waals surface area contributed by atoms with Crippen LogP contribution in [0.4, 0.5) is 8.78 Å². The SMILES string of the molecule is CCNC(=NCCc1cccc(F)c1F)NC1CCN(Cc2ccccn2)CC1. The average molecular weight is 402 g/mol. The van der Waals surface area contributed by atoms with Crippen molar-refractivity contribution >= 4 is 5.96 Å². The van der Waals surface area contributed by atoms with Gasteiger partial charge in [0, 0.05) is 45.0 Å². The third-order valence-electron chi connectivity index (χ3n) is 5.07. The van der Waals surface area contributed by atoms with E-state index in [9.17, 15) is 8.78 Å². The molecule has 0 spiro atoms. The molecule has 156 valence electrons. The molecule has 1 fully saturated rings. The Morgan fingerprint density at radius 2 is 2.00 bits per heavy atom. The van der Waals surface area contributed by atoms with Crippen LogP contribution in [0.2, 0.25) is 0 Å². The fraction of sp³-hybridized carbons (Fsp3) is 0.455. The molecule has 5 nitrogen and oxygen atoms in total. The lowest BCUT2D eigenvalue weighted by Gasteiger charge is -2.32. The second kappa shape index (κ2) is 10.9. The Bertz CT molecular complexity index is 789. The summed E-state index contributed by atoms with van der Waals surface area (Å²) < 4.78 is 27.1. The molecule has 1 saturated heterocycles. The maximum Gasteiger partial charge on any atom is 0.191 e. The molecule has 2 heterocycles. The van der Waals surface area contributed by atoms with Crippen LogP contribution in [0.25, 0.3) is 0 Å². The lowest BCUT2D eigenvalue weighted by atomic mass is 10.0. The molecule has 0 atom stereocenters. The molecule has 0 amide bonds. The smallest absolute Gasteiger partial charge is 0.191 e. The van der Waals surface area contributed by atoms with Crippen LogP contribution in [0.3, 0.4) is 0 Å². The third kappa shape index (κ3) is 6.49. The van der Waals surface area contributed by atoms with Gasteiger partial charge < -0.3 is 10.6 Å². The summed E-state index contributed by atoms with van der Waals surface area (Å²) in [5, 5.41) is 6.72. The standard InChI is InChI=1S/C22H29F2N5/c1-2-25-22(27-13-9-17-6-5-8-20(23)21(17)24)28-18-10-14-29(15-11-18)16-19-7-3-4-12-26-19/h3-8,12,18H,2,9-11,13-16H2,1H3,(H2,25,27,28). The zero-order valence-electron chi connectivity index (χ0n) is 16.9. The van der Waals surface area contributed by atoms with Crippen LogP contribution < -0.4 is 10.6 Å². The van der Waals surface area contributed by atoms with Crippen LogP contribution in [0.15, 0.2) is 47.6 Å². The zero-order chi connectivity index (χ0) is 20.5. The van der Waals surface area contributed by atoms with Crippen molar-refractivity contribution in [2.75, 3.05) is 26.2 Å². The second-order valence-electron chi connectivity index (χ2n) is 7.24. The maximum atomic E-state index is 13.8. The predicted octanol–water partition coefficient (Wildman–Crippen LogP) is 3.12. The highest BCUT2D eigenvalue weighted by Crippen LogP contribution is 2.14. The number of hydrogen-bond donors (Lipinski definition) is 2. The summed E-state index contributed by atoms with van der Waals surface area (Å²) in [5.41, 5.74) is 1.45. The van der Waals surface area contributed by atoms with Gasteiger partial charge >= 0.3 is 0 Å². The highest BCUT2D eigenvalue weighted by molar-refractivity contribution is 5.80. The van der Waals surface area contributed by atoms with Crippen molar-refractivity contribution in [3.05, 3.63) is 65.5 Å². The molecule has 0 unspecified atom stereocenters. The van der Waals surface area contributed by atoms with Crippen molar-refractivity contribution in [1.29, 1.82) is 0 Å². The number of halogens is 2. The minimum Gasteiger partial charge on any atom is -0.357 e. The molecule has 0 aliphatic carbocycles. The molecule has 1 aromatic carbocycles. The summed E-state index contributed by atoms with van der Waals surface area (Å²) in [7, 11) is 0. The number of likely N-dealkylation sites (tertiary alicyclic amines) is 1. The van der Waals surface area contributed by atoms with Crippen LogP contribution >= 0.6 is 0 Å². The molecule has 0 bridgehead atoms. The summed E-state index contributed by atoms with van der Waals surface area (Å²) in [6, 6.07) is 10.6. The number of pyridine rings is 1. The van der Waals surface area contributed by atoms with Crippen molar-refractivity contribution in [1.82, 2.24) is 20.5 Å². The number of guanidine groups is 1.